The molecule has 2 unspecified atom stereocenters. The first-order valence-corrected chi connectivity index (χ1v) is 11.1. The van der Waals surface area contributed by atoms with Crippen molar-refractivity contribution in [2.45, 2.75) is 78.9 Å². The van der Waals surface area contributed by atoms with Gasteiger partial charge in [-0.05, 0) is 53.5 Å². The molecule has 10 heteroatoms. The summed E-state index contributed by atoms with van der Waals surface area (Å²) in [6.45, 7) is 9.44. The van der Waals surface area contributed by atoms with Crippen LogP contribution in [0.1, 0.15) is 66.7 Å². The molecule has 0 aromatic heterocycles. The number of hydrogen-bond donors (Lipinski definition) is 5. The molecule has 0 spiro atoms. The number of aliphatic carboxylic acids is 1. The largest absolute Gasteiger partial charge is 0.481 e. The van der Waals surface area contributed by atoms with Gasteiger partial charge in [0.1, 0.15) is 0 Å². The lowest BCUT2D eigenvalue weighted by Crippen LogP contribution is -2.42. The smallest absolute Gasteiger partial charge is 0.309 e. The van der Waals surface area contributed by atoms with Crippen molar-refractivity contribution in [1.29, 1.82) is 0 Å². The molecule has 0 fully saturated rings. The van der Waals surface area contributed by atoms with Crippen LogP contribution in [0.2, 0.25) is 0 Å². The number of primary amides is 1. The maximum absolute atomic E-state index is 12.4. The van der Waals surface area contributed by atoms with Crippen molar-refractivity contribution in [3.63, 3.8) is 0 Å². The molecule has 6 N–H and O–H groups in total. The van der Waals surface area contributed by atoms with E-state index in [-0.39, 0.29) is 55.9 Å². The fraction of sp³-hybridized carbons (Fsp3) is 0.818. The van der Waals surface area contributed by atoms with Crippen LogP contribution in [0.4, 0.5) is 0 Å². The third-order valence-corrected chi connectivity index (χ3v) is 5.27. The average molecular weight is 459 g/mol. The first-order chi connectivity index (χ1) is 14.7. The van der Waals surface area contributed by atoms with Crippen molar-refractivity contribution >= 4 is 23.7 Å². The summed E-state index contributed by atoms with van der Waals surface area (Å²) in [6.07, 6.45) is 2.23. The molecule has 0 aliphatic heterocycles. The van der Waals surface area contributed by atoms with Gasteiger partial charge in [0.15, 0.2) is 0 Å². The molecule has 0 rings (SSSR count). The summed E-state index contributed by atoms with van der Waals surface area (Å²) in [4.78, 5) is 46.8. The van der Waals surface area contributed by atoms with E-state index >= 15 is 0 Å². The van der Waals surface area contributed by atoms with Crippen molar-refractivity contribution in [3.8, 4) is 0 Å². The summed E-state index contributed by atoms with van der Waals surface area (Å²) in [6, 6.07) is -0.353. The minimum Gasteiger partial charge on any atom is -0.481 e. The molecule has 0 saturated carbocycles. The molecule has 0 aliphatic carbocycles. The van der Waals surface area contributed by atoms with Crippen LogP contribution in [-0.2, 0) is 23.9 Å². The molecule has 0 aromatic carbocycles. The number of carbonyl (C=O) groups excluding carboxylic acids is 3. The molecule has 10 nitrogen and oxygen atoms in total. The Bertz CT molecular complexity index is 636. The Balaban J connectivity index is 4.06. The number of amides is 3. The Morgan fingerprint density at radius 3 is 2.16 bits per heavy atom. The second kappa shape index (κ2) is 14.1. The summed E-state index contributed by atoms with van der Waals surface area (Å²) in [5.41, 5.74) is 3.42. The highest BCUT2D eigenvalue weighted by Crippen LogP contribution is 2.34. The zero-order valence-electron chi connectivity index (χ0n) is 20.4. The summed E-state index contributed by atoms with van der Waals surface area (Å²) in [7, 11) is 1.69. The number of hydrogen-bond acceptors (Lipinski definition) is 6. The van der Waals surface area contributed by atoms with E-state index in [9.17, 15) is 24.3 Å². The molecule has 0 bridgehead atoms. The predicted molar refractivity (Wildman–Crippen MR) is 122 cm³/mol. The van der Waals surface area contributed by atoms with E-state index in [1.165, 1.54) is 0 Å². The Morgan fingerprint density at radius 2 is 1.62 bits per heavy atom. The Morgan fingerprint density at radius 1 is 1.00 bits per heavy atom. The topological polar surface area (TPSA) is 160 Å². The number of carbonyl (C=O) groups is 4. The van der Waals surface area contributed by atoms with E-state index in [1.54, 1.807) is 41.7 Å². The van der Waals surface area contributed by atoms with Gasteiger partial charge >= 0.3 is 5.97 Å². The molecular formula is C22H42N4O6. The van der Waals surface area contributed by atoms with Crippen molar-refractivity contribution < 1.29 is 29.0 Å². The molecular weight excluding hydrogens is 416 g/mol. The quantitative estimate of drug-likeness (QED) is 0.201. The lowest BCUT2D eigenvalue weighted by atomic mass is 9.74. The van der Waals surface area contributed by atoms with Crippen LogP contribution in [0.3, 0.4) is 0 Å². The summed E-state index contributed by atoms with van der Waals surface area (Å²) < 4.78 is 5.59. The highest BCUT2D eigenvalue weighted by atomic mass is 16.5. The highest BCUT2D eigenvalue weighted by Gasteiger charge is 2.38. The molecule has 186 valence electrons. The van der Waals surface area contributed by atoms with Gasteiger partial charge < -0.3 is 31.5 Å². The average Bonchev–Trinajstić information content (AvgIpc) is 2.66. The molecule has 0 radical (unpaired) electrons. The van der Waals surface area contributed by atoms with E-state index in [1.807, 2.05) is 0 Å². The number of rotatable bonds is 17. The van der Waals surface area contributed by atoms with Crippen LogP contribution in [0.15, 0.2) is 0 Å². The maximum atomic E-state index is 12.4. The number of nitrogens with one attached hydrogen (secondary N) is 3. The van der Waals surface area contributed by atoms with Crippen LogP contribution in [-0.4, -0.2) is 67.7 Å². The summed E-state index contributed by atoms with van der Waals surface area (Å²) >= 11 is 0. The fourth-order valence-electron chi connectivity index (χ4n) is 3.45. The Hall–Kier alpha value is -2.20. The monoisotopic (exact) mass is 458 g/mol. The van der Waals surface area contributed by atoms with Gasteiger partial charge in [0, 0.05) is 18.5 Å². The van der Waals surface area contributed by atoms with Crippen molar-refractivity contribution in [1.82, 2.24) is 16.0 Å². The molecule has 2 atom stereocenters. The lowest BCUT2D eigenvalue weighted by molar-refractivity contribution is -0.150. The molecule has 0 heterocycles. The van der Waals surface area contributed by atoms with Crippen molar-refractivity contribution in [3.05, 3.63) is 0 Å². The normalized spacial score (nSPS) is 13.8. The van der Waals surface area contributed by atoms with Crippen LogP contribution >= 0.6 is 0 Å². The maximum Gasteiger partial charge on any atom is 0.309 e. The highest BCUT2D eigenvalue weighted by molar-refractivity contribution is 5.83. The van der Waals surface area contributed by atoms with Gasteiger partial charge in [0.05, 0.1) is 30.6 Å². The molecule has 0 saturated heterocycles. The number of ether oxygens (including phenoxy) is 1. The Kier molecular flexibility index (Phi) is 13.1. The number of carboxylic acids is 1. The van der Waals surface area contributed by atoms with Crippen LogP contribution in [0.5, 0.6) is 0 Å². The van der Waals surface area contributed by atoms with E-state index in [4.69, 9.17) is 10.5 Å². The first-order valence-electron chi connectivity index (χ1n) is 11.1. The number of likely N-dealkylation sites (N-methyl/N-ethyl adjacent to an activating group) is 1. The fourth-order valence-corrected chi connectivity index (χ4v) is 3.45. The third kappa shape index (κ3) is 12.0. The number of unbranched alkanes of at least 4 members (excludes halogenated alkanes) is 1. The zero-order chi connectivity index (χ0) is 24.9. The van der Waals surface area contributed by atoms with Crippen molar-refractivity contribution in [2.75, 3.05) is 26.7 Å². The van der Waals surface area contributed by atoms with E-state index in [0.717, 1.165) is 12.8 Å². The van der Waals surface area contributed by atoms with Crippen LogP contribution < -0.4 is 21.7 Å². The Labute approximate surface area is 191 Å². The minimum atomic E-state index is -1.00. The van der Waals surface area contributed by atoms with Crippen molar-refractivity contribution in [2.24, 2.45) is 16.6 Å². The zero-order valence-corrected chi connectivity index (χ0v) is 20.4. The van der Waals surface area contributed by atoms with E-state index in [2.05, 4.69) is 16.0 Å². The molecule has 0 aliphatic rings. The molecule has 3 amide bonds. The molecule has 0 aromatic rings. The summed E-state index contributed by atoms with van der Waals surface area (Å²) in [5, 5.41) is 17.7. The predicted octanol–water partition coefficient (Wildman–Crippen LogP) is 0.785. The van der Waals surface area contributed by atoms with E-state index < -0.39 is 16.8 Å². The van der Waals surface area contributed by atoms with E-state index in [0.29, 0.717) is 13.0 Å². The van der Waals surface area contributed by atoms with Gasteiger partial charge in [-0.1, -0.05) is 13.8 Å². The second-order valence-corrected chi connectivity index (χ2v) is 9.48. The van der Waals surface area contributed by atoms with Gasteiger partial charge in [-0.2, -0.15) is 0 Å². The first kappa shape index (κ1) is 29.8. The van der Waals surface area contributed by atoms with Crippen LogP contribution in [0.25, 0.3) is 0 Å². The van der Waals surface area contributed by atoms with Gasteiger partial charge in [-0.25, -0.2) is 0 Å². The van der Waals surface area contributed by atoms with Gasteiger partial charge in [-0.3, -0.25) is 19.2 Å². The van der Waals surface area contributed by atoms with Gasteiger partial charge in [0.2, 0.25) is 17.7 Å². The third-order valence-electron chi connectivity index (χ3n) is 5.27. The molecule has 32 heavy (non-hydrogen) atoms. The van der Waals surface area contributed by atoms with Gasteiger partial charge in [-0.15, -0.1) is 0 Å². The minimum absolute atomic E-state index is 0.126. The number of nitrogens with two attached hydrogens (primary N) is 1. The standard InChI is InChI=1S/C22H42N4O6/c1-15(13-17(27)25-10-8-7-9-16(24-6)18(23)28)32-12-11-26-19(29)21(2,3)14-22(4,5)20(30)31/h15-16,24H,7-14H2,1-6H3,(H2,23,28)(H,25,27)(H,26,29)(H,30,31). The van der Waals surface area contributed by atoms with Gasteiger partial charge in [0.25, 0.3) is 0 Å². The van der Waals surface area contributed by atoms with Crippen LogP contribution in [0, 0.1) is 10.8 Å². The number of carboxylic acid groups (broad SMARTS) is 1. The summed E-state index contributed by atoms with van der Waals surface area (Å²) in [5.74, 6) is -1.69. The SMILES string of the molecule is CNC(CCCCNC(=O)CC(C)OCCNC(=O)C(C)(C)CC(C)(C)C(=O)O)C(N)=O. The lowest BCUT2D eigenvalue weighted by Gasteiger charge is -2.31. The second-order valence-electron chi connectivity index (χ2n) is 9.48.